The van der Waals surface area contributed by atoms with Crippen molar-refractivity contribution in [2.75, 3.05) is 6.54 Å². The number of hydrogen-bond donors (Lipinski definition) is 1. The third kappa shape index (κ3) is 3.96. The van der Waals surface area contributed by atoms with Gasteiger partial charge in [-0.3, -0.25) is 9.20 Å². The average Bonchev–Trinajstić information content (AvgIpc) is 2.84. The van der Waals surface area contributed by atoms with Crippen LogP contribution in [0.4, 0.5) is 0 Å². The monoisotopic (exact) mass is 304 g/mol. The van der Waals surface area contributed by atoms with Gasteiger partial charge < -0.3 is 5.32 Å². The molecule has 0 fully saturated rings. The zero-order valence-electron chi connectivity index (χ0n) is 13.3. The third-order valence-corrected chi connectivity index (χ3v) is 3.91. The molecule has 1 unspecified atom stereocenters. The number of unbranched alkanes of at least 4 members (excludes halogenated alkanes) is 1. The number of aromatic nitrogens is 3. The first-order chi connectivity index (χ1) is 10.7. The highest BCUT2D eigenvalue weighted by atomic mass is 16.2. The fourth-order valence-corrected chi connectivity index (χ4v) is 2.46. The molecule has 6 heteroatoms. The molecule has 1 atom stereocenters. The fraction of sp³-hybridized carbons (Fsp3) is 0.562. The quantitative estimate of drug-likeness (QED) is 0.809. The van der Waals surface area contributed by atoms with Crippen LogP contribution in [0.3, 0.4) is 0 Å². The van der Waals surface area contributed by atoms with Gasteiger partial charge in [-0.05, 0) is 24.5 Å². The molecule has 22 heavy (non-hydrogen) atoms. The lowest BCUT2D eigenvalue weighted by Gasteiger charge is -2.15. The van der Waals surface area contributed by atoms with Gasteiger partial charge in [0.1, 0.15) is 6.54 Å². The lowest BCUT2D eigenvalue weighted by molar-refractivity contribution is -0.122. The molecule has 6 nitrogen and oxygen atoms in total. The highest BCUT2D eigenvalue weighted by Gasteiger charge is 2.12. The maximum Gasteiger partial charge on any atom is 0.350 e. The smallest absolute Gasteiger partial charge is 0.350 e. The maximum absolute atomic E-state index is 12.1. The Morgan fingerprint density at radius 2 is 2.18 bits per heavy atom. The second-order valence-corrected chi connectivity index (χ2v) is 5.59. The zero-order valence-corrected chi connectivity index (χ0v) is 13.3. The molecule has 2 aromatic heterocycles. The minimum absolute atomic E-state index is 0.0370. The van der Waals surface area contributed by atoms with E-state index in [4.69, 9.17) is 0 Å². The number of carbonyl (C=O) groups is 1. The standard InChI is InChI=1S/C16H24N4O2/c1-3-5-8-13(4-2)11-17-15(21)12-20-16(22)19-10-7-6-9-14(19)18-20/h6-7,9-10,13H,3-5,8,11-12H2,1-2H3,(H,17,21). The van der Waals surface area contributed by atoms with Gasteiger partial charge in [-0.25, -0.2) is 9.48 Å². The van der Waals surface area contributed by atoms with Crippen LogP contribution in [0.5, 0.6) is 0 Å². The number of carbonyl (C=O) groups excluding carboxylic acids is 1. The Hall–Kier alpha value is -2.11. The molecular weight excluding hydrogens is 280 g/mol. The largest absolute Gasteiger partial charge is 0.354 e. The van der Waals surface area contributed by atoms with E-state index in [-0.39, 0.29) is 18.1 Å². The first kappa shape index (κ1) is 16.3. The Morgan fingerprint density at radius 1 is 1.36 bits per heavy atom. The highest BCUT2D eigenvalue weighted by Crippen LogP contribution is 2.11. The van der Waals surface area contributed by atoms with Crippen molar-refractivity contribution in [3.63, 3.8) is 0 Å². The van der Waals surface area contributed by atoms with Crippen LogP contribution < -0.4 is 11.0 Å². The molecule has 0 aliphatic rings. The summed E-state index contributed by atoms with van der Waals surface area (Å²) >= 11 is 0. The van der Waals surface area contributed by atoms with E-state index in [1.165, 1.54) is 21.9 Å². The second kappa shape index (κ2) is 7.77. The summed E-state index contributed by atoms with van der Waals surface area (Å²) in [6, 6.07) is 5.32. The van der Waals surface area contributed by atoms with E-state index in [0.717, 1.165) is 12.8 Å². The van der Waals surface area contributed by atoms with Gasteiger partial charge in [0.05, 0.1) is 0 Å². The summed E-state index contributed by atoms with van der Waals surface area (Å²) in [7, 11) is 0. The van der Waals surface area contributed by atoms with Crippen LogP contribution in [0.15, 0.2) is 29.2 Å². The van der Waals surface area contributed by atoms with Gasteiger partial charge in [0.2, 0.25) is 5.91 Å². The molecule has 2 rings (SSSR count). The second-order valence-electron chi connectivity index (χ2n) is 5.59. The van der Waals surface area contributed by atoms with Crippen molar-refractivity contribution >= 4 is 11.6 Å². The Morgan fingerprint density at radius 3 is 2.86 bits per heavy atom. The molecule has 0 saturated carbocycles. The van der Waals surface area contributed by atoms with Crippen LogP contribution in [-0.4, -0.2) is 26.6 Å². The number of nitrogens with zero attached hydrogens (tertiary/aromatic N) is 3. The number of fused-ring (bicyclic) bond motifs is 1. The average molecular weight is 304 g/mol. The third-order valence-electron chi connectivity index (χ3n) is 3.91. The SMILES string of the molecule is CCCCC(CC)CNC(=O)Cn1nc2ccccn2c1=O. The molecule has 1 amide bonds. The molecule has 0 saturated heterocycles. The number of hydrogen-bond acceptors (Lipinski definition) is 3. The Kier molecular flexibility index (Phi) is 5.75. The summed E-state index contributed by atoms with van der Waals surface area (Å²) in [5.41, 5.74) is 0.262. The molecule has 1 N–H and O–H groups in total. The minimum atomic E-state index is -0.288. The van der Waals surface area contributed by atoms with Crippen molar-refractivity contribution in [1.82, 2.24) is 19.5 Å². The molecule has 120 valence electrons. The van der Waals surface area contributed by atoms with Crippen molar-refractivity contribution in [1.29, 1.82) is 0 Å². The lowest BCUT2D eigenvalue weighted by Crippen LogP contribution is -2.35. The molecular formula is C16H24N4O2. The summed E-state index contributed by atoms with van der Waals surface area (Å²) in [5.74, 6) is 0.335. The van der Waals surface area contributed by atoms with Crippen LogP contribution in [0.1, 0.15) is 39.5 Å². The van der Waals surface area contributed by atoms with Gasteiger partial charge in [0, 0.05) is 12.7 Å². The van der Waals surface area contributed by atoms with Crippen molar-refractivity contribution in [3.05, 3.63) is 34.9 Å². The van der Waals surface area contributed by atoms with Crippen molar-refractivity contribution in [2.45, 2.75) is 46.1 Å². The van der Waals surface area contributed by atoms with Crippen LogP contribution in [-0.2, 0) is 11.3 Å². The number of rotatable bonds is 8. The maximum atomic E-state index is 12.1. The Bertz CT molecular complexity index is 674. The summed E-state index contributed by atoms with van der Waals surface area (Å²) in [6.07, 6.45) is 6.18. The van der Waals surface area contributed by atoms with Gasteiger partial charge in [-0.2, -0.15) is 0 Å². The predicted octanol–water partition coefficient (Wildman–Crippen LogP) is 1.83. The highest BCUT2D eigenvalue weighted by molar-refractivity contribution is 5.75. The fourth-order valence-electron chi connectivity index (χ4n) is 2.46. The van der Waals surface area contributed by atoms with Gasteiger partial charge >= 0.3 is 5.69 Å². The molecule has 0 aliphatic heterocycles. The Balaban J connectivity index is 1.93. The molecule has 0 bridgehead atoms. The van der Waals surface area contributed by atoms with Crippen molar-refractivity contribution < 1.29 is 4.79 Å². The van der Waals surface area contributed by atoms with Gasteiger partial charge in [-0.15, -0.1) is 5.10 Å². The molecule has 0 aromatic carbocycles. The van der Waals surface area contributed by atoms with E-state index in [0.29, 0.717) is 18.1 Å². The normalized spacial score (nSPS) is 12.5. The predicted molar refractivity (Wildman–Crippen MR) is 85.8 cm³/mol. The van der Waals surface area contributed by atoms with Crippen molar-refractivity contribution in [2.24, 2.45) is 5.92 Å². The van der Waals surface area contributed by atoms with E-state index in [9.17, 15) is 9.59 Å². The molecule has 0 aliphatic carbocycles. The molecule has 2 aromatic rings. The zero-order chi connectivity index (χ0) is 15.9. The van der Waals surface area contributed by atoms with Gasteiger partial charge in [-0.1, -0.05) is 39.2 Å². The summed E-state index contributed by atoms with van der Waals surface area (Å²) in [5, 5.41) is 7.07. The van der Waals surface area contributed by atoms with Crippen LogP contribution in [0, 0.1) is 5.92 Å². The number of amides is 1. The molecule has 0 spiro atoms. The summed E-state index contributed by atoms with van der Waals surface area (Å²) in [6.45, 7) is 4.93. The van der Waals surface area contributed by atoms with E-state index < -0.39 is 0 Å². The van der Waals surface area contributed by atoms with E-state index in [1.54, 1.807) is 18.3 Å². The van der Waals surface area contributed by atoms with Crippen LogP contribution >= 0.6 is 0 Å². The first-order valence-corrected chi connectivity index (χ1v) is 7.96. The molecule has 0 radical (unpaired) electrons. The van der Waals surface area contributed by atoms with E-state index in [1.807, 2.05) is 6.07 Å². The van der Waals surface area contributed by atoms with E-state index in [2.05, 4.69) is 24.3 Å². The lowest BCUT2D eigenvalue weighted by atomic mass is 9.99. The summed E-state index contributed by atoms with van der Waals surface area (Å²) in [4.78, 5) is 24.1. The summed E-state index contributed by atoms with van der Waals surface area (Å²) < 4.78 is 2.64. The van der Waals surface area contributed by atoms with Gasteiger partial charge in [0.25, 0.3) is 0 Å². The topological polar surface area (TPSA) is 68.4 Å². The van der Waals surface area contributed by atoms with Gasteiger partial charge in [0.15, 0.2) is 5.65 Å². The van der Waals surface area contributed by atoms with E-state index >= 15 is 0 Å². The molecule has 2 heterocycles. The van der Waals surface area contributed by atoms with Crippen molar-refractivity contribution in [3.8, 4) is 0 Å². The number of nitrogens with one attached hydrogen (secondary N) is 1. The number of pyridine rings is 1. The van der Waals surface area contributed by atoms with Crippen LogP contribution in [0.2, 0.25) is 0 Å². The van der Waals surface area contributed by atoms with Crippen LogP contribution in [0.25, 0.3) is 5.65 Å². The minimum Gasteiger partial charge on any atom is -0.354 e. The first-order valence-electron chi connectivity index (χ1n) is 7.96. The Labute approximate surface area is 130 Å².